The van der Waals surface area contributed by atoms with Crippen LogP contribution in [0.5, 0.6) is 0 Å². The summed E-state index contributed by atoms with van der Waals surface area (Å²) in [5.41, 5.74) is 5.26. The standard InChI is InChI=1S/C15H13N/c1-11-3-6-13(7-4-11)15-9-12(2)5-8-14(15)10-16/h3-9H,1-2H3. The van der Waals surface area contributed by atoms with Gasteiger partial charge in [-0.15, -0.1) is 0 Å². The molecule has 2 aromatic rings. The van der Waals surface area contributed by atoms with Crippen LogP contribution in [0.25, 0.3) is 11.1 Å². The van der Waals surface area contributed by atoms with E-state index in [2.05, 4.69) is 43.3 Å². The molecule has 78 valence electrons. The zero-order valence-electron chi connectivity index (χ0n) is 9.49. The van der Waals surface area contributed by atoms with Gasteiger partial charge in [0.15, 0.2) is 0 Å². The van der Waals surface area contributed by atoms with Crippen LogP contribution in [0.1, 0.15) is 16.7 Å². The minimum absolute atomic E-state index is 0.731. The summed E-state index contributed by atoms with van der Waals surface area (Å²) in [7, 11) is 0. The van der Waals surface area contributed by atoms with Crippen molar-refractivity contribution in [3.8, 4) is 17.2 Å². The maximum Gasteiger partial charge on any atom is 0.0998 e. The maximum atomic E-state index is 9.08. The summed E-state index contributed by atoms with van der Waals surface area (Å²) in [5.74, 6) is 0. The van der Waals surface area contributed by atoms with Crippen molar-refractivity contribution in [2.45, 2.75) is 13.8 Å². The molecule has 0 radical (unpaired) electrons. The van der Waals surface area contributed by atoms with E-state index in [4.69, 9.17) is 5.26 Å². The first-order valence-corrected chi connectivity index (χ1v) is 5.28. The van der Waals surface area contributed by atoms with Crippen molar-refractivity contribution < 1.29 is 0 Å². The van der Waals surface area contributed by atoms with Crippen LogP contribution in [0.4, 0.5) is 0 Å². The molecule has 0 unspecified atom stereocenters. The number of benzene rings is 2. The first-order valence-electron chi connectivity index (χ1n) is 5.28. The van der Waals surface area contributed by atoms with Gasteiger partial charge in [-0.1, -0.05) is 47.5 Å². The summed E-state index contributed by atoms with van der Waals surface area (Å²) >= 11 is 0. The van der Waals surface area contributed by atoms with E-state index in [1.165, 1.54) is 11.1 Å². The topological polar surface area (TPSA) is 23.8 Å². The maximum absolute atomic E-state index is 9.08. The summed E-state index contributed by atoms with van der Waals surface area (Å²) in [6, 6.07) is 16.4. The first-order chi connectivity index (χ1) is 7.70. The molecule has 0 aliphatic carbocycles. The highest BCUT2D eigenvalue weighted by Gasteiger charge is 2.04. The highest BCUT2D eigenvalue weighted by atomic mass is 14.2. The van der Waals surface area contributed by atoms with Crippen molar-refractivity contribution in [1.29, 1.82) is 5.26 Å². The van der Waals surface area contributed by atoms with Gasteiger partial charge in [-0.3, -0.25) is 0 Å². The molecular weight excluding hydrogens is 194 g/mol. The summed E-state index contributed by atoms with van der Waals surface area (Å²) in [6.45, 7) is 4.10. The summed E-state index contributed by atoms with van der Waals surface area (Å²) in [4.78, 5) is 0. The monoisotopic (exact) mass is 207 g/mol. The largest absolute Gasteiger partial charge is 0.192 e. The molecule has 0 fully saturated rings. The highest BCUT2D eigenvalue weighted by molar-refractivity contribution is 5.71. The Morgan fingerprint density at radius 1 is 0.875 bits per heavy atom. The summed E-state index contributed by atoms with van der Waals surface area (Å²) in [5, 5.41) is 9.08. The predicted octanol–water partition coefficient (Wildman–Crippen LogP) is 3.84. The minimum Gasteiger partial charge on any atom is -0.192 e. The van der Waals surface area contributed by atoms with E-state index in [1.807, 2.05) is 19.1 Å². The molecule has 0 aromatic heterocycles. The third-order valence-electron chi connectivity index (χ3n) is 2.66. The second-order valence-electron chi connectivity index (χ2n) is 4.03. The number of hydrogen-bond acceptors (Lipinski definition) is 1. The Labute approximate surface area is 96.0 Å². The SMILES string of the molecule is Cc1ccc(-c2cc(C)ccc2C#N)cc1. The van der Waals surface area contributed by atoms with E-state index in [9.17, 15) is 0 Å². The van der Waals surface area contributed by atoms with Crippen LogP contribution in [0.15, 0.2) is 42.5 Å². The second-order valence-corrected chi connectivity index (χ2v) is 4.03. The van der Waals surface area contributed by atoms with Crippen LogP contribution in [0.2, 0.25) is 0 Å². The summed E-state index contributed by atoms with van der Waals surface area (Å²) < 4.78 is 0. The van der Waals surface area contributed by atoms with Crippen molar-refractivity contribution in [2.75, 3.05) is 0 Å². The van der Waals surface area contributed by atoms with Crippen LogP contribution in [0.3, 0.4) is 0 Å². The highest BCUT2D eigenvalue weighted by Crippen LogP contribution is 2.24. The number of nitrogens with zero attached hydrogens (tertiary/aromatic N) is 1. The van der Waals surface area contributed by atoms with Crippen molar-refractivity contribution >= 4 is 0 Å². The fourth-order valence-electron chi connectivity index (χ4n) is 1.73. The van der Waals surface area contributed by atoms with E-state index in [-0.39, 0.29) is 0 Å². The quantitative estimate of drug-likeness (QED) is 0.697. The van der Waals surface area contributed by atoms with E-state index in [1.54, 1.807) is 0 Å². The Morgan fingerprint density at radius 3 is 2.12 bits per heavy atom. The van der Waals surface area contributed by atoms with Gasteiger partial charge in [0, 0.05) is 0 Å². The van der Waals surface area contributed by atoms with Gasteiger partial charge in [-0.2, -0.15) is 5.26 Å². The molecular formula is C15H13N. The molecule has 0 saturated heterocycles. The Bertz CT molecular complexity index is 545. The zero-order valence-corrected chi connectivity index (χ0v) is 9.49. The Hall–Kier alpha value is -2.07. The third kappa shape index (κ3) is 1.97. The molecule has 0 amide bonds. The van der Waals surface area contributed by atoms with Gasteiger partial charge >= 0.3 is 0 Å². The molecule has 0 N–H and O–H groups in total. The fourth-order valence-corrected chi connectivity index (χ4v) is 1.73. The van der Waals surface area contributed by atoms with Crippen molar-refractivity contribution in [3.63, 3.8) is 0 Å². The third-order valence-corrected chi connectivity index (χ3v) is 2.66. The lowest BCUT2D eigenvalue weighted by Crippen LogP contribution is -1.86. The number of hydrogen-bond donors (Lipinski definition) is 0. The smallest absolute Gasteiger partial charge is 0.0998 e. The second kappa shape index (κ2) is 4.20. The Morgan fingerprint density at radius 2 is 1.50 bits per heavy atom. The number of aryl methyl sites for hydroxylation is 2. The van der Waals surface area contributed by atoms with E-state index in [0.717, 1.165) is 16.7 Å². The lowest BCUT2D eigenvalue weighted by Gasteiger charge is -2.06. The molecule has 0 atom stereocenters. The average Bonchev–Trinajstić information content (AvgIpc) is 2.30. The molecule has 0 heterocycles. The van der Waals surface area contributed by atoms with Gasteiger partial charge in [0.1, 0.15) is 0 Å². The molecule has 0 saturated carbocycles. The first kappa shape index (κ1) is 10.4. The minimum atomic E-state index is 0.731. The van der Waals surface area contributed by atoms with Gasteiger partial charge in [0.25, 0.3) is 0 Å². The normalized spacial score (nSPS) is 9.81. The van der Waals surface area contributed by atoms with E-state index < -0.39 is 0 Å². The Kier molecular flexibility index (Phi) is 2.74. The molecule has 16 heavy (non-hydrogen) atoms. The van der Waals surface area contributed by atoms with Gasteiger partial charge in [-0.25, -0.2) is 0 Å². The molecule has 0 spiro atoms. The number of rotatable bonds is 1. The molecule has 0 aliphatic heterocycles. The predicted molar refractivity (Wildman–Crippen MR) is 66.1 cm³/mol. The van der Waals surface area contributed by atoms with Crippen molar-refractivity contribution in [1.82, 2.24) is 0 Å². The molecule has 2 aromatic carbocycles. The van der Waals surface area contributed by atoms with Gasteiger partial charge in [-0.05, 0) is 31.0 Å². The fraction of sp³-hybridized carbons (Fsp3) is 0.133. The lowest BCUT2D eigenvalue weighted by molar-refractivity contribution is 1.41. The van der Waals surface area contributed by atoms with Crippen LogP contribution in [-0.2, 0) is 0 Å². The Balaban J connectivity index is 2.59. The van der Waals surface area contributed by atoms with E-state index >= 15 is 0 Å². The summed E-state index contributed by atoms with van der Waals surface area (Å²) in [6.07, 6.45) is 0. The molecule has 0 aliphatic rings. The van der Waals surface area contributed by atoms with Gasteiger partial charge in [0.05, 0.1) is 11.6 Å². The zero-order chi connectivity index (χ0) is 11.5. The van der Waals surface area contributed by atoms with E-state index in [0.29, 0.717) is 0 Å². The molecule has 2 rings (SSSR count). The van der Waals surface area contributed by atoms with Crippen LogP contribution in [-0.4, -0.2) is 0 Å². The molecule has 0 bridgehead atoms. The van der Waals surface area contributed by atoms with Crippen LogP contribution >= 0.6 is 0 Å². The van der Waals surface area contributed by atoms with Crippen LogP contribution < -0.4 is 0 Å². The molecule has 1 heteroatoms. The van der Waals surface area contributed by atoms with Crippen molar-refractivity contribution in [3.05, 3.63) is 59.2 Å². The van der Waals surface area contributed by atoms with Gasteiger partial charge in [0.2, 0.25) is 0 Å². The van der Waals surface area contributed by atoms with Crippen LogP contribution in [0, 0.1) is 25.2 Å². The van der Waals surface area contributed by atoms with Gasteiger partial charge < -0.3 is 0 Å². The lowest BCUT2D eigenvalue weighted by atomic mass is 9.97. The average molecular weight is 207 g/mol. The number of nitriles is 1. The molecule has 1 nitrogen and oxygen atoms in total. The van der Waals surface area contributed by atoms with Crippen molar-refractivity contribution in [2.24, 2.45) is 0 Å².